The molecule has 1 atom stereocenters. The second-order valence-electron chi connectivity index (χ2n) is 1.48. The summed E-state index contributed by atoms with van der Waals surface area (Å²) in [5.74, 6) is -1.26. The van der Waals surface area contributed by atoms with Gasteiger partial charge in [0.15, 0.2) is 11.6 Å². The molecular formula is C4H3NaO3. The molecule has 0 aromatic rings. The van der Waals surface area contributed by atoms with Crippen LogP contribution in [0, 0.1) is 0 Å². The summed E-state index contributed by atoms with van der Waals surface area (Å²) in [5, 5.41) is 9.95. The van der Waals surface area contributed by atoms with E-state index in [1.54, 1.807) is 0 Å². The van der Waals surface area contributed by atoms with Crippen molar-refractivity contribution >= 4 is 11.6 Å². The Morgan fingerprint density at radius 3 is 2.00 bits per heavy atom. The van der Waals surface area contributed by atoms with Crippen molar-refractivity contribution in [1.82, 2.24) is 0 Å². The van der Waals surface area contributed by atoms with E-state index in [0.717, 1.165) is 0 Å². The molecular weight excluding hydrogens is 119 g/mol. The van der Waals surface area contributed by atoms with Crippen LogP contribution in [-0.2, 0) is 9.59 Å². The first-order valence-electron chi connectivity index (χ1n) is 1.94. The molecule has 0 heterocycles. The molecule has 1 aliphatic rings. The number of rotatable bonds is 0. The third-order valence-corrected chi connectivity index (χ3v) is 0.938. The van der Waals surface area contributed by atoms with Gasteiger partial charge in [0, 0.05) is 6.42 Å². The minimum absolute atomic E-state index is 0. The largest absolute Gasteiger partial charge is 1.00 e. The van der Waals surface area contributed by atoms with Gasteiger partial charge in [0.2, 0.25) is 0 Å². The van der Waals surface area contributed by atoms with Crippen molar-refractivity contribution in [2.24, 2.45) is 0 Å². The maximum Gasteiger partial charge on any atom is 1.00 e. The first-order valence-corrected chi connectivity index (χ1v) is 1.94. The minimum Gasteiger partial charge on any atom is -0.846 e. The Morgan fingerprint density at radius 2 is 2.00 bits per heavy atom. The monoisotopic (exact) mass is 122 g/mol. The molecule has 1 fully saturated rings. The first kappa shape index (κ1) is 8.30. The van der Waals surface area contributed by atoms with E-state index >= 15 is 0 Å². The Bertz CT molecular complexity index is 131. The van der Waals surface area contributed by atoms with E-state index in [9.17, 15) is 14.7 Å². The van der Waals surface area contributed by atoms with Crippen molar-refractivity contribution in [1.29, 1.82) is 0 Å². The van der Waals surface area contributed by atoms with E-state index in [-0.39, 0.29) is 36.0 Å². The van der Waals surface area contributed by atoms with Crippen LogP contribution in [-0.4, -0.2) is 17.7 Å². The average Bonchev–Trinajstić information content (AvgIpc) is 1.68. The summed E-state index contributed by atoms with van der Waals surface area (Å²) < 4.78 is 0. The van der Waals surface area contributed by atoms with Gasteiger partial charge in [-0.2, -0.15) is 0 Å². The summed E-state index contributed by atoms with van der Waals surface area (Å²) in [4.78, 5) is 19.8. The second-order valence-corrected chi connectivity index (χ2v) is 1.48. The number of hydrogen-bond acceptors (Lipinski definition) is 3. The molecule has 0 bridgehead atoms. The SMILES string of the molecule is O=C1CC([O-])C1=O.[Na+]. The van der Waals surface area contributed by atoms with Gasteiger partial charge < -0.3 is 5.11 Å². The summed E-state index contributed by atoms with van der Waals surface area (Å²) in [6.45, 7) is 0. The Kier molecular flexibility index (Phi) is 2.83. The summed E-state index contributed by atoms with van der Waals surface area (Å²) in [7, 11) is 0. The molecule has 0 N–H and O–H groups in total. The van der Waals surface area contributed by atoms with Crippen molar-refractivity contribution in [2.45, 2.75) is 12.5 Å². The quantitative estimate of drug-likeness (QED) is 0.239. The number of hydrogen-bond donors (Lipinski definition) is 0. The van der Waals surface area contributed by atoms with Gasteiger partial charge in [0.25, 0.3) is 0 Å². The topological polar surface area (TPSA) is 57.2 Å². The molecule has 1 rings (SSSR count). The van der Waals surface area contributed by atoms with Crippen LogP contribution in [0.3, 0.4) is 0 Å². The zero-order valence-electron chi connectivity index (χ0n) is 4.51. The van der Waals surface area contributed by atoms with Crippen molar-refractivity contribution in [3.63, 3.8) is 0 Å². The molecule has 1 unspecified atom stereocenters. The van der Waals surface area contributed by atoms with Gasteiger partial charge in [0.1, 0.15) is 0 Å². The summed E-state index contributed by atoms with van der Waals surface area (Å²) in [6.07, 6.45) is -1.31. The molecule has 0 aliphatic heterocycles. The van der Waals surface area contributed by atoms with E-state index in [1.165, 1.54) is 0 Å². The number of carbonyl (C=O) groups is 2. The van der Waals surface area contributed by atoms with Crippen molar-refractivity contribution in [2.75, 3.05) is 0 Å². The van der Waals surface area contributed by atoms with E-state index in [0.29, 0.717) is 0 Å². The zero-order chi connectivity index (χ0) is 5.44. The fourth-order valence-electron chi connectivity index (χ4n) is 0.410. The second kappa shape index (κ2) is 2.73. The van der Waals surface area contributed by atoms with Crippen LogP contribution in [0.4, 0.5) is 0 Å². The van der Waals surface area contributed by atoms with Crippen LogP contribution in [0.15, 0.2) is 0 Å². The molecule has 1 saturated carbocycles. The Hall–Kier alpha value is 0.300. The fraction of sp³-hybridized carbons (Fsp3) is 0.500. The van der Waals surface area contributed by atoms with E-state index in [4.69, 9.17) is 0 Å². The molecule has 3 nitrogen and oxygen atoms in total. The van der Waals surface area contributed by atoms with Crippen molar-refractivity contribution in [3.05, 3.63) is 0 Å². The molecule has 8 heavy (non-hydrogen) atoms. The van der Waals surface area contributed by atoms with E-state index < -0.39 is 17.7 Å². The van der Waals surface area contributed by atoms with Crippen LogP contribution in [0.1, 0.15) is 6.42 Å². The van der Waals surface area contributed by atoms with Crippen molar-refractivity contribution < 1.29 is 44.3 Å². The van der Waals surface area contributed by atoms with Crippen LogP contribution in [0.2, 0.25) is 0 Å². The summed E-state index contributed by atoms with van der Waals surface area (Å²) >= 11 is 0. The van der Waals surface area contributed by atoms with E-state index in [2.05, 4.69) is 0 Å². The molecule has 0 aromatic heterocycles. The fourth-order valence-corrected chi connectivity index (χ4v) is 0.410. The molecule has 38 valence electrons. The zero-order valence-corrected chi connectivity index (χ0v) is 6.51. The van der Waals surface area contributed by atoms with E-state index in [1.807, 2.05) is 0 Å². The van der Waals surface area contributed by atoms with Crippen LogP contribution >= 0.6 is 0 Å². The number of Topliss-reactive ketones (excluding diaryl/α,β-unsaturated/α-hetero) is 2. The maximum absolute atomic E-state index is 9.95. The average molecular weight is 122 g/mol. The van der Waals surface area contributed by atoms with Gasteiger partial charge in [0.05, 0.1) is 0 Å². The molecule has 0 spiro atoms. The van der Waals surface area contributed by atoms with Gasteiger partial charge in [-0.3, -0.25) is 9.59 Å². The van der Waals surface area contributed by atoms with Gasteiger partial charge in [-0.15, -0.1) is 0 Å². The van der Waals surface area contributed by atoms with Gasteiger partial charge in [-0.05, 0) is 6.10 Å². The Morgan fingerprint density at radius 1 is 1.50 bits per heavy atom. The molecule has 0 radical (unpaired) electrons. The van der Waals surface area contributed by atoms with Gasteiger partial charge >= 0.3 is 29.6 Å². The van der Waals surface area contributed by atoms with Crippen LogP contribution in [0.25, 0.3) is 0 Å². The standard InChI is InChI=1S/C4H3O3.Na/c5-2-1-3(6)4(2)7;/h2H,1H2;/q-1;+1. The third kappa shape index (κ3) is 1.17. The molecule has 4 heteroatoms. The minimum atomic E-state index is -1.23. The normalized spacial score (nSPS) is 26.4. The molecule has 0 amide bonds. The third-order valence-electron chi connectivity index (χ3n) is 0.938. The first-order chi connectivity index (χ1) is 3.22. The molecule has 1 aliphatic carbocycles. The van der Waals surface area contributed by atoms with Crippen LogP contribution < -0.4 is 34.7 Å². The number of carbonyl (C=O) groups excluding carboxylic acids is 2. The van der Waals surface area contributed by atoms with Gasteiger partial charge in [-0.25, -0.2) is 0 Å². The predicted molar refractivity (Wildman–Crippen MR) is 18.4 cm³/mol. The van der Waals surface area contributed by atoms with Gasteiger partial charge in [-0.1, -0.05) is 0 Å². The van der Waals surface area contributed by atoms with Crippen molar-refractivity contribution in [3.8, 4) is 0 Å². The smallest absolute Gasteiger partial charge is 0.846 e. The summed E-state index contributed by atoms with van der Waals surface area (Å²) in [5.41, 5.74) is 0. The summed E-state index contributed by atoms with van der Waals surface area (Å²) in [6, 6.07) is 0. The number of ketones is 2. The van der Waals surface area contributed by atoms with Crippen LogP contribution in [0.5, 0.6) is 0 Å². The predicted octanol–water partition coefficient (Wildman–Crippen LogP) is -4.74. The molecule has 0 aromatic carbocycles. The Labute approximate surface area is 68.4 Å². The maximum atomic E-state index is 9.95. The molecule has 0 saturated heterocycles. The Balaban J connectivity index is 0.000000490.